The summed E-state index contributed by atoms with van der Waals surface area (Å²) in [5.41, 5.74) is 2.28. The minimum absolute atomic E-state index is 0.241. The Morgan fingerprint density at radius 2 is 2.05 bits per heavy atom. The van der Waals surface area contributed by atoms with Gasteiger partial charge in [-0.15, -0.1) is 0 Å². The van der Waals surface area contributed by atoms with Crippen LogP contribution in [0, 0.1) is 0 Å². The zero-order valence-electron chi connectivity index (χ0n) is 12.0. The molecule has 2 heterocycles. The standard InChI is InChI=1S/C16H20BrN3O/c17-14-4-1-3-13-15(5-6-18-16(13)14)20-8-2-7-19(9-10-20)11-12-21/h1,3-6,21H,2,7-12H2. The maximum atomic E-state index is 9.10. The smallest absolute Gasteiger partial charge is 0.0864 e. The summed E-state index contributed by atoms with van der Waals surface area (Å²) in [4.78, 5) is 9.26. The van der Waals surface area contributed by atoms with Crippen LogP contribution in [0.25, 0.3) is 10.9 Å². The number of β-amino-alcohol motifs (C(OH)–C–C–N with tert-alkyl or cyclic N) is 1. The number of anilines is 1. The molecule has 0 atom stereocenters. The lowest BCUT2D eigenvalue weighted by Gasteiger charge is -2.24. The van der Waals surface area contributed by atoms with E-state index < -0.39 is 0 Å². The number of nitrogens with zero attached hydrogens (tertiary/aromatic N) is 3. The Labute approximate surface area is 133 Å². The molecule has 0 unspecified atom stereocenters. The summed E-state index contributed by atoms with van der Waals surface area (Å²) in [5.74, 6) is 0. The topological polar surface area (TPSA) is 39.6 Å². The van der Waals surface area contributed by atoms with Gasteiger partial charge in [0, 0.05) is 47.9 Å². The molecule has 0 saturated carbocycles. The Kier molecular flexibility index (Phi) is 4.73. The van der Waals surface area contributed by atoms with Crippen LogP contribution < -0.4 is 4.90 Å². The summed E-state index contributed by atoms with van der Waals surface area (Å²) in [7, 11) is 0. The van der Waals surface area contributed by atoms with E-state index in [1.807, 2.05) is 12.3 Å². The average Bonchev–Trinajstić information content (AvgIpc) is 2.73. The van der Waals surface area contributed by atoms with Crippen LogP contribution in [-0.2, 0) is 0 Å². The molecule has 0 spiro atoms. The number of hydrogen-bond acceptors (Lipinski definition) is 4. The lowest BCUT2D eigenvalue weighted by molar-refractivity contribution is 0.204. The summed E-state index contributed by atoms with van der Waals surface area (Å²) in [5, 5.41) is 10.3. The van der Waals surface area contributed by atoms with Crippen LogP contribution in [0.4, 0.5) is 5.69 Å². The number of aliphatic hydroxyl groups is 1. The molecule has 0 aliphatic carbocycles. The van der Waals surface area contributed by atoms with Crippen LogP contribution in [-0.4, -0.2) is 54.3 Å². The van der Waals surface area contributed by atoms with E-state index in [0.29, 0.717) is 0 Å². The van der Waals surface area contributed by atoms with E-state index in [2.05, 4.69) is 48.9 Å². The molecular weight excluding hydrogens is 330 g/mol. The molecule has 1 N–H and O–H groups in total. The zero-order chi connectivity index (χ0) is 14.7. The molecule has 1 aromatic heterocycles. The van der Waals surface area contributed by atoms with Gasteiger partial charge in [0.05, 0.1) is 12.1 Å². The van der Waals surface area contributed by atoms with Gasteiger partial charge >= 0.3 is 0 Å². The fourth-order valence-electron chi connectivity index (χ4n) is 2.98. The Hall–Kier alpha value is -1.17. The fourth-order valence-corrected chi connectivity index (χ4v) is 3.45. The van der Waals surface area contributed by atoms with Gasteiger partial charge in [0.25, 0.3) is 0 Å². The first-order valence-electron chi connectivity index (χ1n) is 7.41. The molecule has 1 saturated heterocycles. The average molecular weight is 350 g/mol. The first kappa shape index (κ1) is 14.8. The minimum atomic E-state index is 0.241. The third-order valence-corrected chi connectivity index (χ3v) is 4.68. The molecule has 112 valence electrons. The van der Waals surface area contributed by atoms with Crippen molar-refractivity contribution in [2.75, 3.05) is 44.2 Å². The number of aromatic nitrogens is 1. The summed E-state index contributed by atoms with van der Waals surface area (Å²) in [6.07, 6.45) is 3.01. The van der Waals surface area contributed by atoms with E-state index in [-0.39, 0.29) is 6.61 Å². The Morgan fingerprint density at radius 1 is 1.14 bits per heavy atom. The van der Waals surface area contributed by atoms with Crippen LogP contribution in [0.3, 0.4) is 0 Å². The zero-order valence-corrected chi connectivity index (χ0v) is 13.6. The van der Waals surface area contributed by atoms with Crippen LogP contribution in [0.1, 0.15) is 6.42 Å². The van der Waals surface area contributed by atoms with E-state index in [9.17, 15) is 0 Å². The lowest BCUT2D eigenvalue weighted by atomic mass is 10.1. The van der Waals surface area contributed by atoms with Crippen molar-refractivity contribution in [2.45, 2.75) is 6.42 Å². The van der Waals surface area contributed by atoms with Gasteiger partial charge in [0.15, 0.2) is 0 Å². The van der Waals surface area contributed by atoms with E-state index in [1.165, 1.54) is 11.1 Å². The minimum Gasteiger partial charge on any atom is -0.395 e. The molecule has 0 bridgehead atoms. The molecule has 1 aromatic carbocycles. The number of benzene rings is 1. The molecule has 2 aromatic rings. The van der Waals surface area contributed by atoms with Crippen molar-refractivity contribution >= 4 is 32.5 Å². The highest BCUT2D eigenvalue weighted by molar-refractivity contribution is 9.10. The third-order valence-electron chi connectivity index (χ3n) is 4.04. The second-order valence-corrected chi connectivity index (χ2v) is 6.23. The van der Waals surface area contributed by atoms with Crippen molar-refractivity contribution in [3.8, 4) is 0 Å². The first-order valence-corrected chi connectivity index (χ1v) is 8.20. The first-order chi connectivity index (χ1) is 10.3. The van der Waals surface area contributed by atoms with Gasteiger partial charge in [-0.05, 0) is 41.0 Å². The molecule has 0 amide bonds. The van der Waals surface area contributed by atoms with Crippen molar-refractivity contribution in [3.05, 3.63) is 34.9 Å². The molecule has 1 aliphatic heterocycles. The van der Waals surface area contributed by atoms with Crippen molar-refractivity contribution in [2.24, 2.45) is 0 Å². The highest BCUT2D eigenvalue weighted by Gasteiger charge is 2.17. The summed E-state index contributed by atoms with van der Waals surface area (Å²) in [6, 6.07) is 8.34. The van der Waals surface area contributed by atoms with Crippen molar-refractivity contribution in [1.82, 2.24) is 9.88 Å². The van der Waals surface area contributed by atoms with Crippen molar-refractivity contribution < 1.29 is 5.11 Å². The second kappa shape index (κ2) is 6.73. The number of halogens is 1. The van der Waals surface area contributed by atoms with Gasteiger partial charge in [-0.1, -0.05) is 12.1 Å². The predicted octanol–water partition coefficient (Wildman–Crippen LogP) is 2.50. The molecule has 0 radical (unpaired) electrons. The van der Waals surface area contributed by atoms with Crippen LogP contribution in [0.5, 0.6) is 0 Å². The number of para-hydroxylation sites is 1. The number of fused-ring (bicyclic) bond motifs is 1. The SMILES string of the molecule is OCCN1CCCN(c2ccnc3c(Br)cccc23)CC1. The number of hydrogen-bond donors (Lipinski definition) is 1. The summed E-state index contributed by atoms with van der Waals surface area (Å²) in [6.45, 7) is 5.11. The quantitative estimate of drug-likeness (QED) is 0.923. The summed E-state index contributed by atoms with van der Waals surface area (Å²) >= 11 is 3.58. The van der Waals surface area contributed by atoms with Crippen molar-refractivity contribution in [3.63, 3.8) is 0 Å². The van der Waals surface area contributed by atoms with Gasteiger partial charge in [0.1, 0.15) is 0 Å². The van der Waals surface area contributed by atoms with Gasteiger partial charge < -0.3 is 10.0 Å². The van der Waals surface area contributed by atoms with E-state index in [4.69, 9.17) is 5.11 Å². The molecule has 1 fully saturated rings. The predicted molar refractivity (Wildman–Crippen MR) is 89.8 cm³/mol. The van der Waals surface area contributed by atoms with Crippen LogP contribution in [0.15, 0.2) is 34.9 Å². The molecule has 21 heavy (non-hydrogen) atoms. The molecule has 4 nitrogen and oxygen atoms in total. The number of pyridine rings is 1. The highest BCUT2D eigenvalue weighted by Crippen LogP contribution is 2.30. The van der Waals surface area contributed by atoms with Gasteiger partial charge in [0.2, 0.25) is 0 Å². The van der Waals surface area contributed by atoms with Gasteiger partial charge in [-0.3, -0.25) is 9.88 Å². The number of aliphatic hydroxyl groups excluding tert-OH is 1. The summed E-state index contributed by atoms with van der Waals surface area (Å²) < 4.78 is 1.04. The fraction of sp³-hybridized carbons (Fsp3) is 0.438. The molecular formula is C16H20BrN3O. The Morgan fingerprint density at radius 3 is 2.90 bits per heavy atom. The largest absolute Gasteiger partial charge is 0.395 e. The monoisotopic (exact) mass is 349 g/mol. The van der Waals surface area contributed by atoms with Crippen LogP contribution >= 0.6 is 15.9 Å². The van der Waals surface area contributed by atoms with E-state index in [1.54, 1.807) is 0 Å². The highest BCUT2D eigenvalue weighted by atomic mass is 79.9. The van der Waals surface area contributed by atoms with E-state index in [0.717, 1.165) is 49.1 Å². The Bertz CT molecular complexity index is 619. The third kappa shape index (κ3) is 3.20. The van der Waals surface area contributed by atoms with Crippen molar-refractivity contribution in [1.29, 1.82) is 0 Å². The van der Waals surface area contributed by atoms with E-state index >= 15 is 0 Å². The maximum Gasteiger partial charge on any atom is 0.0864 e. The number of rotatable bonds is 3. The molecule has 3 rings (SSSR count). The normalized spacial score (nSPS) is 17.1. The molecule has 5 heteroatoms. The second-order valence-electron chi connectivity index (χ2n) is 5.37. The Balaban J connectivity index is 1.88. The maximum absolute atomic E-state index is 9.10. The van der Waals surface area contributed by atoms with Gasteiger partial charge in [-0.2, -0.15) is 0 Å². The molecule has 1 aliphatic rings. The van der Waals surface area contributed by atoms with Gasteiger partial charge in [-0.25, -0.2) is 0 Å². The van der Waals surface area contributed by atoms with Crippen LogP contribution in [0.2, 0.25) is 0 Å². The lowest BCUT2D eigenvalue weighted by Crippen LogP contribution is -2.32.